The molecule has 2 N–H and O–H groups in total. The van der Waals surface area contributed by atoms with Crippen LogP contribution in [0.4, 0.5) is 5.69 Å². The molecule has 98 valence electrons. The van der Waals surface area contributed by atoms with E-state index in [1.165, 1.54) is 6.07 Å². The summed E-state index contributed by atoms with van der Waals surface area (Å²) in [5.74, 6) is -0.736. The predicted octanol–water partition coefficient (Wildman–Crippen LogP) is 2.85. The fourth-order valence-corrected chi connectivity index (χ4v) is 1.60. The highest BCUT2D eigenvalue weighted by molar-refractivity contribution is 6.35. The lowest BCUT2D eigenvalue weighted by atomic mass is 10.3. The molecule has 0 aliphatic carbocycles. The monoisotopic (exact) mass is 288 g/mol. The molecule has 0 fully saturated rings. The first-order valence-electron chi connectivity index (χ1n) is 5.54. The molecule has 2 amide bonds. The summed E-state index contributed by atoms with van der Waals surface area (Å²) in [5.41, 5.74) is 0.400. The normalized spacial score (nSPS) is 9.94. The van der Waals surface area contributed by atoms with Crippen LogP contribution in [-0.4, -0.2) is 18.4 Å². The summed E-state index contributed by atoms with van der Waals surface area (Å²) in [6, 6.07) is 4.73. The van der Waals surface area contributed by atoms with E-state index >= 15 is 0 Å². The summed E-state index contributed by atoms with van der Waals surface area (Å²) in [4.78, 5) is 22.9. The van der Waals surface area contributed by atoms with E-state index in [1.807, 2.05) is 6.92 Å². The summed E-state index contributed by atoms with van der Waals surface area (Å²) in [6.45, 7) is 2.50. The Labute approximate surface area is 116 Å². The van der Waals surface area contributed by atoms with Crippen molar-refractivity contribution in [3.63, 3.8) is 0 Å². The lowest BCUT2D eigenvalue weighted by Crippen LogP contribution is -2.28. The van der Waals surface area contributed by atoms with Gasteiger partial charge in [0.25, 0.3) is 0 Å². The van der Waals surface area contributed by atoms with Crippen LogP contribution in [0, 0.1) is 0 Å². The van der Waals surface area contributed by atoms with Gasteiger partial charge in [0.15, 0.2) is 0 Å². The molecule has 0 aliphatic heterocycles. The van der Waals surface area contributed by atoms with Gasteiger partial charge in [-0.1, -0.05) is 30.1 Å². The average Bonchev–Trinajstić information content (AvgIpc) is 2.31. The topological polar surface area (TPSA) is 58.2 Å². The van der Waals surface area contributed by atoms with E-state index in [0.29, 0.717) is 22.3 Å². The SMILES string of the molecule is CCCNC(=O)CC(=O)Nc1cc(Cl)ccc1Cl. The van der Waals surface area contributed by atoms with Crippen LogP contribution in [0.2, 0.25) is 10.0 Å². The molecule has 0 saturated carbocycles. The van der Waals surface area contributed by atoms with E-state index in [0.717, 1.165) is 6.42 Å². The van der Waals surface area contributed by atoms with Gasteiger partial charge in [-0.2, -0.15) is 0 Å². The number of nitrogens with one attached hydrogen (secondary N) is 2. The Morgan fingerprint density at radius 1 is 1.22 bits per heavy atom. The number of hydrogen-bond acceptors (Lipinski definition) is 2. The van der Waals surface area contributed by atoms with E-state index < -0.39 is 5.91 Å². The van der Waals surface area contributed by atoms with Gasteiger partial charge >= 0.3 is 0 Å². The quantitative estimate of drug-likeness (QED) is 0.819. The molecule has 1 aromatic rings. The van der Waals surface area contributed by atoms with Crippen molar-refractivity contribution in [1.82, 2.24) is 5.32 Å². The molecule has 1 rings (SSSR count). The van der Waals surface area contributed by atoms with Crippen LogP contribution >= 0.6 is 23.2 Å². The highest BCUT2D eigenvalue weighted by Crippen LogP contribution is 2.25. The van der Waals surface area contributed by atoms with Crippen molar-refractivity contribution >= 4 is 40.7 Å². The second kappa shape index (κ2) is 7.24. The molecule has 0 atom stereocenters. The predicted molar refractivity (Wildman–Crippen MR) is 73.0 cm³/mol. The zero-order chi connectivity index (χ0) is 13.5. The molecule has 4 nitrogen and oxygen atoms in total. The molecule has 0 aromatic heterocycles. The first-order valence-corrected chi connectivity index (χ1v) is 6.30. The number of benzene rings is 1. The Hall–Kier alpha value is -1.26. The number of anilines is 1. The van der Waals surface area contributed by atoms with Gasteiger partial charge < -0.3 is 10.6 Å². The maximum atomic E-state index is 11.6. The van der Waals surface area contributed by atoms with Gasteiger partial charge in [0.2, 0.25) is 11.8 Å². The second-order valence-corrected chi connectivity index (χ2v) is 4.54. The lowest BCUT2D eigenvalue weighted by Gasteiger charge is -2.07. The third kappa shape index (κ3) is 4.94. The largest absolute Gasteiger partial charge is 0.356 e. The smallest absolute Gasteiger partial charge is 0.233 e. The molecular weight excluding hydrogens is 275 g/mol. The number of carbonyl (C=O) groups excluding carboxylic acids is 2. The second-order valence-electron chi connectivity index (χ2n) is 3.70. The Morgan fingerprint density at radius 2 is 1.94 bits per heavy atom. The van der Waals surface area contributed by atoms with Gasteiger partial charge in [0.05, 0.1) is 10.7 Å². The van der Waals surface area contributed by atoms with Gasteiger partial charge in [-0.3, -0.25) is 9.59 Å². The standard InChI is InChI=1S/C12H14Cl2N2O2/c1-2-5-15-11(17)7-12(18)16-10-6-8(13)3-4-9(10)14/h3-4,6H,2,5,7H2,1H3,(H,15,17)(H,16,18). The van der Waals surface area contributed by atoms with Crippen molar-refractivity contribution in [2.75, 3.05) is 11.9 Å². The number of hydrogen-bond donors (Lipinski definition) is 2. The van der Waals surface area contributed by atoms with Crippen molar-refractivity contribution in [3.8, 4) is 0 Å². The van der Waals surface area contributed by atoms with Crippen LogP contribution in [0.1, 0.15) is 19.8 Å². The highest BCUT2D eigenvalue weighted by Gasteiger charge is 2.10. The molecule has 6 heteroatoms. The molecule has 18 heavy (non-hydrogen) atoms. The molecule has 0 unspecified atom stereocenters. The van der Waals surface area contributed by atoms with Gasteiger partial charge in [-0.25, -0.2) is 0 Å². The van der Waals surface area contributed by atoms with Gasteiger partial charge in [0.1, 0.15) is 6.42 Å². The van der Waals surface area contributed by atoms with E-state index in [1.54, 1.807) is 12.1 Å². The molecule has 0 spiro atoms. The van der Waals surface area contributed by atoms with Gasteiger partial charge in [-0.15, -0.1) is 0 Å². The third-order valence-corrected chi connectivity index (χ3v) is 2.66. The first kappa shape index (κ1) is 14.8. The van der Waals surface area contributed by atoms with Gasteiger partial charge in [0, 0.05) is 11.6 Å². The molecule has 0 aliphatic rings. The minimum absolute atomic E-state index is 0.233. The number of rotatable bonds is 5. The summed E-state index contributed by atoms with van der Waals surface area (Å²) in [5, 5.41) is 6.00. The Morgan fingerprint density at radius 3 is 2.61 bits per heavy atom. The Balaban J connectivity index is 2.54. The summed E-state index contributed by atoms with van der Waals surface area (Å²) >= 11 is 11.7. The van der Waals surface area contributed by atoms with Crippen LogP contribution in [0.15, 0.2) is 18.2 Å². The fraction of sp³-hybridized carbons (Fsp3) is 0.333. The summed E-state index contributed by atoms with van der Waals surface area (Å²) in [6.07, 6.45) is 0.594. The summed E-state index contributed by atoms with van der Waals surface area (Å²) < 4.78 is 0. The molecule has 0 bridgehead atoms. The number of amides is 2. The van der Waals surface area contributed by atoms with E-state index in [9.17, 15) is 9.59 Å². The zero-order valence-electron chi connectivity index (χ0n) is 9.93. The van der Waals surface area contributed by atoms with Crippen LogP contribution in [0.5, 0.6) is 0 Å². The average molecular weight is 289 g/mol. The van der Waals surface area contributed by atoms with Crippen LogP contribution < -0.4 is 10.6 Å². The maximum absolute atomic E-state index is 11.6. The molecule has 0 heterocycles. The molecule has 0 saturated heterocycles. The zero-order valence-corrected chi connectivity index (χ0v) is 11.4. The fourth-order valence-electron chi connectivity index (χ4n) is 1.26. The van der Waals surface area contributed by atoms with E-state index in [-0.39, 0.29) is 12.3 Å². The third-order valence-electron chi connectivity index (χ3n) is 2.10. The molecule has 1 aromatic carbocycles. The van der Waals surface area contributed by atoms with Crippen LogP contribution in [0.25, 0.3) is 0 Å². The molecule has 0 radical (unpaired) electrons. The maximum Gasteiger partial charge on any atom is 0.233 e. The summed E-state index contributed by atoms with van der Waals surface area (Å²) in [7, 11) is 0. The minimum atomic E-state index is -0.423. The first-order chi connectivity index (χ1) is 8.52. The lowest BCUT2D eigenvalue weighted by molar-refractivity contribution is -0.126. The van der Waals surface area contributed by atoms with Crippen molar-refractivity contribution in [3.05, 3.63) is 28.2 Å². The highest BCUT2D eigenvalue weighted by atomic mass is 35.5. The Kier molecular flexibility index (Phi) is 5.95. The van der Waals surface area contributed by atoms with Crippen LogP contribution in [0.3, 0.4) is 0 Å². The minimum Gasteiger partial charge on any atom is -0.356 e. The van der Waals surface area contributed by atoms with Gasteiger partial charge in [-0.05, 0) is 24.6 Å². The Bertz CT molecular complexity index is 450. The van der Waals surface area contributed by atoms with E-state index in [2.05, 4.69) is 10.6 Å². The van der Waals surface area contributed by atoms with Crippen molar-refractivity contribution < 1.29 is 9.59 Å². The number of carbonyl (C=O) groups is 2. The van der Waals surface area contributed by atoms with Crippen LogP contribution in [-0.2, 0) is 9.59 Å². The van der Waals surface area contributed by atoms with Crippen molar-refractivity contribution in [2.24, 2.45) is 0 Å². The van der Waals surface area contributed by atoms with E-state index in [4.69, 9.17) is 23.2 Å². The number of halogens is 2. The van der Waals surface area contributed by atoms with Crippen molar-refractivity contribution in [1.29, 1.82) is 0 Å². The molecular formula is C12H14Cl2N2O2. The van der Waals surface area contributed by atoms with Crippen molar-refractivity contribution in [2.45, 2.75) is 19.8 Å².